The Morgan fingerprint density at radius 2 is 2.14 bits per heavy atom. The van der Waals surface area contributed by atoms with Gasteiger partial charge in [-0.2, -0.15) is 0 Å². The number of benzene rings is 1. The lowest BCUT2D eigenvalue weighted by molar-refractivity contribution is -0.121. The topological polar surface area (TPSA) is 85.6 Å². The van der Waals surface area contributed by atoms with Gasteiger partial charge in [-0.05, 0) is 25.5 Å². The van der Waals surface area contributed by atoms with Gasteiger partial charge in [-0.3, -0.25) is 4.79 Å². The lowest BCUT2D eigenvalue weighted by Crippen LogP contribution is -2.39. The summed E-state index contributed by atoms with van der Waals surface area (Å²) in [6.45, 7) is 5.39. The molecule has 0 saturated carbocycles. The van der Waals surface area contributed by atoms with Crippen molar-refractivity contribution < 1.29 is 14.3 Å². The Hall–Kier alpha value is -1.95. The fourth-order valence-corrected chi connectivity index (χ4v) is 1.74. The molecule has 0 aliphatic carbocycles. The second kappa shape index (κ2) is 9.07. The van der Waals surface area contributed by atoms with Crippen molar-refractivity contribution in [2.75, 3.05) is 37.9 Å². The molecule has 4 N–H and O–H groups in total. The maximum Gasteiger partial charge on any atom is 0.242 e. The summed E-state index contributed by atoms with van der Waals surface area (Å²) in [6, 6.07) is 5.09. The summed E-state index contributed by atoms with van der Waals surface area (Å²) in [5.74, 6) is 0.528. The van der Waals surface area contributed by atoms with E-state index in [-0.39, 0.29) is 5.91 Å². The van der Waals surface area contributed by atoms with Gasteiger partial charge in [-0.15, -0.1) is 0 Å². The van der Waals surface area contributed by atoms with Crippen LogP contribution in [0.5, 0.6) is 5.75 Å². The minimum absolute atomic E-state index is 0.105. The predicted molar refractivity (Wildman–Crippen MR) is 84.6 cm³/mol. The van der Waals surface area contributed by atoms with Crippen molar-refractivity contribution in [3.05, 3.63) is 18.2 Å². The number of rotatable bonds is 9. The Morgan fingerprint density at radius 3 is 2.81 bits per heavy atom. The monoisotopic (exact) mass is 295 g/mol. The molecule has 0 radical (unpaired) electrons. The summed E-state index contributed by atoms with van der Waals surface area (Å²) in [6.07, 6.45) is 0.912. The third kappa shape index (κ3) is 5.51. The van der Waals surface area contributed by atoms with E-state index in [0.29, 0.717) is 36.9 Å². The second-order valence-electron chi connectivity index (χ2n) is 4.72. The summed E-state index contributed by atoms with van der Waals surface area (Å²) in [4.78, 5) is 11.9. The number of nitrogens with two attached hydrogens (primary N) is 1. The summed E-state index contributed by atoms with van der Waals surface area (Å²) < 4.78 is 10.5. The quantitative estimate of drug-likeness (QED) is 0.476. The van der Waals surface area contributed by atoms with Crippen LogP contribution in [0.3, 0.4) is 0 Å². The number of carbonyl (C=O) groups excluding carboxylic acids is 1. The molecule has 6 nitrogen and oxygen atoms in total. The molecule has 1 aromatic carbocycles. The molecule has 1 unspecified atom stereocenters. The molecule has 118 valence electrons. The van der Waals surface area contributed by atoms with Crippen LogP contribution in [0.25, 0.3) is 0 Å². The van der Waals surface area contributed by atoms with Crippen LogP contribution >= 0.6 is 0 Å². The van der Waals surface area contributed by atoms with Crippen LogP contribution in [0.2, 0.25) is 0 Å². The largest absolute Gasteiger partial charge is 0.491 e. The molecule has 0 spiro atoms. The van der Waals surface area contributed by atoms with Gasteiger partial charge in [0.1, 0.15) is 11.8 Å². The highest BCUT2D eigenvalue weighted by Gasteiger charge is 2.14. The molecule has 1 amide bonds. The number of nitrogen functional groups attached to an aromatic ring is 1. The predicted octanol–water partition coefficient (Wildman–Crippen LogP) is 1.62. The van der Waals surface area contributed by atoms with Gasteiger partial charge in [0.2, 0.25) is 5.91 Å². The Morgan fingerprint density at radius 1 is 1.38 bits per heavy atom. The smallest absolute Gasteiger partial charge is 0.242 e. The molecule has 0 heterocycles. The molecule has 1 rings (SSSR count). The summed E-state index contributed by atoms with van der Waals surface area (Å²) in [5, 5.41) is 5.87. The van der Waals surface area contributed by atoms with Gasteiger partial charge in [0.05, 0.1) is 24.6 Å². The highest BCUT2D eigenvalue weighted by molar-refractivity contribution is 5.86. The zero-order chi connectivity index (χ0) is 15.7. The Labute approximate surface area is 126 Å². The number of carbonyl (C=O) groups is 1. The zero-order valence-corrected chi connectivity index (χ0v) is 12.9. The Kier molecular flexibility index (Phi) is 7.39. The number of anilines is 2. The number of hydrogen-bond donors (Lipinski definition) is 3. The molecule has 0 bridgehead atoms. The van der Waals surface area contributed by atoms with E-state index in [9.17, 15) is 4.79 Å². The first-order valence-corrected chi connectivity index (χ1v) is 7.14. The van der Waals surface area contributed by atoms with Crippen molar-refractivity contribution in [3.8, 4) is 5.75 Å². The third-order valence-electron chi connectivity index (χ3n) is 2.90. The fourth-order valence-electron chi connectivity index (χ4n) is 1.74. The lowest BCUT2D eigenvalue weighted by Gasteiger charge is -2.18. The van der Waals surface area contributed by atoms with E-state index in [0.717, 1.165) is 6.42 Å². The molecule has 0 saturated heterocycles. The van der Waals surface area contributed by atoms with Crippen LogP contribution < -0.4 is 21.1 Å². The first-order valence-electron chi connectivity index (χ1n) is 7.14. The van der Waals surface area contributed by atoms with Crippen molar-refractivity contribution in [2.45, 2.75) is 26.3 Å². The minimum atomic E-state index is -0.398. The van der Waals surface area contributed by atoms with E-state index in [1.54, 1.807) is 14.0 Å². The molecule has 0 aliphatic heterocycles. The van der Waals surface area contributed by atoms with Crippen molar-refractivity contribution >= 4 is 17.3 Å². The molecule has 0 aromatic heterocycles. The van der Waals surface area contributed by atoms with Gasteiger partial charge in [-0.1, -0.05) is 13.0 Å². The van der Waals surface area contributed by atoms with Gasteiger partial charge < -0.3 is 25.8 Å². The summed E-state index contributed by atoms with van der Waals surface area (Å²) >= 11 is 0. The van der Waals surface area contributed by atoms with Gasteiger partial charge >= 0.3 is 0 Å². The van der Waals surface area contributed by atoms with E-state index in [4.69, 9.17) is 15.2 Å². The zero-order valence-electron chi connectivity index (χ0n) is 12.9. The average molecular weight is 295 g/mol. The van der Waals surface area contributed by atoms with Crippen molar-refractivity contribution in [1.82, 2.24) is 5.32 Å². The van der Waals surface area contributed by atoms with Gasteiger partial charge in [0.15, 0.2) is 0 Å². The summed E-state index contributed by atoms with van der Waals surface area (Å²) in [5.41, 5.74) is 7.26. The normalized spacial score (nSPS) is 11.8. The van der Waals surface area contributed by atoms with Crippen molar-refractivity contribution in [1.29, 1.82) is 0 Å². The molecule has 1 atom stereocenters. The molecular weight excluding hydrogens is 270 g/mol. The lowest BCUT2D eigenvalue weighted by atomic mass is 10.2. The maximum atomic E-state index is 11.9. The van der Waals surface area contributed by atoms with E-state index < -0.39 is 6.04 Å². The molecule has 6 heteroatoms. The van der Waals surface area contributed by atoms with Crippen LogP contribution in [0.15, 0.2) is 18.2 Å². The number of para-hydroxylation sites is 1. The van der Waals surface area contributed by atoms with Gasteiger partial charge in [0, 0.05) is 13.7 Å². The van der Waals surface area contributed by atoms with E-state index >= 15 is 0 Å². The number of methoxy groups -OCH3 is 1. The molecule has 1 aromatic rings. The van der Waals surface area contributed by atoms with Crippen LogP contribution in [0, 0.1) is 0 Å². The maximum absolute atomic E-state index is 11.9. The minimum Gasteiger partial charge on any atom is -0.491 e. The van der Waals surface area contributed by atoms with Crippen LogP contribution in [0.4, 0.5) is 11.4 Å². The van der Waals surface area contributed by atoms with Crippen LogP contribution in [0.1, 0.15) is 20.3 Å². The van der Waals surface area contributed by atoms with Gasteiger partial charge in [-0.25, -0.2) is 0 Å². The summed E-state index contributed by atoms with van der Waals surface area (Å²) in [7, 11) is 1.59. The third-order valence-corrected chi connectivity index (χ3v) is 2.90. The highest BCUT2D eigenvalue weighted by Crippen LogP contribution is 2.29. The molecule has 21 heavy (non-hydrogen) atoms. The Balaban J connectivity index is 2.63. The fraction of sp³-hybridized carbons (Fsp3) is 0.533. The van der Waals surface area contributed by atoms with E-state index in [1.165, 1.54) is 0 Å². The van der Waals surface area contributed by atoms with Crippen molar-refractivity contribution in [3.63, 3.8) is 0 Å². The highest BCUT2D eigenvalue weighted by atomic mass is 16.5. The van der Waals surface area contributed by atoms with E-state index in [1.807, 2.05) is 25.1 Å². The standard InChI is InChI=1S/C15H25N3O3/c1-4-9-21-13-7-5-6-12(14(13)16)18-11(2)15(19)17-8-10-20-3/h5-7,11,18H,4,8-10,16H2,1-3H3,(H,17,19). The second-order valence-corrected chi connectivity index (χ2v) is 4.72. The van der Waals surface area contributed by atoms with Crippen LogP contribution in [-0.2, 0) is 9.53 Å². The number of amides is 1. The molecule has 0 aliphatic rings. The Bertz CT molecular complexity index is 452. The van der Waals surface area contributed by atoms with E-state index in [2.05, 4.69) is 10.6 Å². The van der Waals surface area contributed by atoms with Crippen LogP contribution in [-0.4, -0.2) is 38.8 Å². The number of nitrogens with one attached hydrogen (secondary N) is 2. The molecular formula is C15H25N3O3. The first-order chi connectivity index (χ1) is 10.1. The molecule has 0 fully saturated rings. The van der Waals surface area contributed by atoms with Gasteiger partial charge in [0.25, 0.3) is 0 Å². The SMILES string of the molecule is CCCOc1cccc(NC(C)C(=O)NCCOC)c1N. The average Bonchev–Trinajstić information content (AvgIpc) is 2.48. The first kappa shape index (κ1) is 17.1. The number of hydrogen-bond acceptors (Lipinski definition) is 5. The number of ether oxygens (including phenoxy) is 2. The van der Waals surface area contributed by atoms with Crippen molar-refractivity contribution in [2.24, 2.45) is 0 Å².